The maximum atomic E-state index is 14.4. The van der Waals surface area contributed by atoms with Gasteiger partial charge < -0.3 is 24.5 Å². The summed E-state index contributed by atoms with van der Waals surface area (Å²) in [5.41, 5.74) is 3.42. The molecule has 0 aromatic heterocycles. The number of benzene rings is 3. The number of nitrogens with zero attached hydrogens (tertiary/aromatic N) is 2. The Hall–Kier alpha value is -4.14. The summed E-state index contributed by atoms with van der Waals surface area (Å²) < 4.78 is 38.5. The van der Waals surface area contributed by atoms with Crippen LogP contribution in [0.15, 0.2) is 65.8 Å². The highest BCUT2D eigenvalue weighted by atomic mass is 19.1. The molecule has 0 spiro atoms. The Morgan fingerprint density at radius 3 is 2.56 bits per heavy atom. The van der Waals surface area contributed by atoms with Gasteiger partial charge in [0.2, 0.25) is 0 Å². The molecule has 1 aliphatic heterocycles. The van der Waals surface area contributed by atoms with E-state index < -0.39 is 23.8 Å². The highest BCUT2D eigenvalue weighted by Gasteiger charge is 2.28. The molecule has 4 rings (SSSR count). The number of hydrogen-bond donors (Lipinski definition) is 1. The number of methoxy groups -OCH3 is 2. The number of anilines is 1. The summed E-state index contributed by atoms with van der Waals surface area (Å²) >= 11 is 0. The van der Waals surface area contributed by atoms with Crippen molar-refractivity contribution in [2.24, 2.45) is 5.16 Å². The third-order valence-corrected chi connectivity index (χ3v) is 5.86. The minimum absolute atomic E-state index is 0.101. The van der Waals surface area contributed by atoms with E-state index in [4.69, 9.17) is 14.3 Å². The molecule has 0 saturated heterocycles. The molecule has 1 heterocycles. The predicted octanol–water partition coefficient (Wildman–Crippen LogP) is 5.52. The number of ether oxygens (including phenoxy) is 2. The molecule has 36 heavy (non-hydrogen) atoms. The van der Waals surface area contributed by atoms with Crippen molar-refractivity contribution in [1.82, 2.24) is 4.90 Å². The Bertz CT molecular complexity index is 1260. The maximum absolute atomic E-state index is 14.4. The minimum atomic E-state index is -0.737. The Balaban J connectivity index is 1.52. The van der Waals surface area contributed by atoms with Crippen LogP contribution >= 0.6 is 0 Å². The number of urea groups is 1. The molecule has 0 fully saturated rings. The van der Waals surface area contributed by atoms with Crippen molar-refractivity contribution in [3.05, 3.63) is 89.0 Å². The monoisotopic (exact) mass is 495 g/mol. The number of oxime groups is 1. The van der Waals surface area contributed by atoms with E-state index in [1.807, 2.05) is 31.2 Å². The van der Waals surface area contributed by atoms with Crippen molar-refractivity contribution in [1.29, 1.82) is 0 Å². The molecule has 1 unspecified atom stereocenters. The molecule has 7 nitrogen and oxygen atoms in total. The van der Waals surface area contributed by atoms with Crippen LogP contribution in [-0.2, 0) is 11.4 Å². The van der Waals surface area contributed by atoms with Gasteiger partial charge in [-0.3, -0.25) is 0 Å². The van der Waals surface area contributed by atoms with E-state index in [9.17, 15) is 13.6 Å². The van der Waals surface area contributed by atoms with E-state index in [-0.39, 0.29) is 18.7 Å². The normalized spacial score (nSPS) is 14.6. The minimum Gasteiger partial charge on any atom is -0.497 e. The molecule has 9 heteroatoms. The standard InChI is InChI=1S/C27H27F2N3O4/c1-17-4-6-18(7-5-17)25-13-22(36-31-25)16-32(15-19-8-9-20(28)12-23(19)29)27(33)30-24-11-10-21(34-2)14-26(24)35-3/h4-12,14,22H,13,15-16H2,1-3H3,(H,30,33). The van der Waals surface area contributed by atoms with Gasteiger partial charge in [0, 0.05) is 24.1 Å². The SMILES string of the molecule is COc1ccc(NC(=O)N(Cc2ccc(F)cc2F)CC2CC(c3ccc(C)cc3)=NO2)c(OC)c1. The topological polar surface area (TPSA) is 72.4 Å². The van der Waals surface area contributed by atoms with Crippen molar-refractivity contribution in [2.75, 3.05) is 26.1 Å². The second kappa shape index (κ2) is 11.1. The zero-order valence-electron chi connectivity index (χ0n) is 20.3. The van der Waals surface area contributed by atoms with E-state index in [1.54, 1.807) is 18.2 Å². The van der Waals surface area contributed by atoms with E-state index in [0.717, 1.165) is 29.0 Å². The number of aryl methyl sites for hydroxylation is 1. The molecule has 0 aliphatic carbocycles. The molecule has 0 radical (unpaired) electrons. The molecule has 1 aliphatic rings. The fourth-order valence-electron chi connectivity index (χ4n) is 3.86. The number of hydrogen-bond acceptors (Lipinski definition) is 5. The summed E-state index contributed by atoms with van der Waals surface area (Å²) in [4.78, 5) is 20.3. The smallest absolute Gasteiger partial charge is 0.322 e. The Kier molecular flexibility index (Phi) is 7.68. The lowest BCUT2D eigenvalue weighted by Gasteiger charge is -2.26. The fourth-order valence-corrected chi connectivity index (χ4v) is 3.86. The van der Waals surface area contributed by atoms with Crippen LogP contribution in [0.3, 0.4) is 0 Å². The fraction of sp³-hybridized carbons (Fsp3) is 0.259. The van der Waals surface area contributed by atoms with E-state index in [2.05, 4.69) is 10.5 Å². The van der Waals surface area contributed by atoms with Crippen LogP contribution in [0.2, 0.25) is 0 Å². The van der Waals surface area contributed by atoms with Crippen LogP contribution in [0.25, 0.3) is 0 Å². The van der Waals surface area contributed by atoms with Gasteiger partial charge >= 0.3 is 6.03 Å². The summed E-state index contributed by atoms with van der Waals surface area (Å²) in [5, 5.41) is 7.00. The number of halogens is 2. The summed E-state index contributed by atoms with van der Waals surface area (Å²) in [5.74, 6) is -0.461. The van der Waals surface area contributed by atoms with Gasteiger partial charge in [0.05, 0.1) is 38.7 Å². The van der Waals surface area contributed by atoms with Crippen molar-refractivity contribution in [3.63, 3.8) is 0 Å². The second-order valence-electron chi connectivity index (χ2n) is 8.45. The average Bonchev–Trinajstić information content (AvgIpc) is 3.34. The molecule has 3 aromatic rings. The summed E-state index contributed by atoms with van der Waals surface area (Å²) in [6.45, 7) is 2.03. The number of carbonyl (C=O) groups is 1. The first-order chi connectivity index (χ1) is 17.4. The van der Waals surface area contributed by atoms with Gasteiger partial charge in [0.1, 0.15) is 23.1 Å². The van der Waals surface area contributed by atoms with Gasteiger partial charge in [-0.25, -0.2) is 13.6 Å². The van der Waals surface area contributed by atoms with E-state index >= 15 is 0 Å². The van der Waals surface area contributed by atoms with Crippen LogP contribution < -0.4 is 14.8 Å². The lowest BCUT2D eigenvalue weighted by atomic mass is 10.0. The first-order valence-electron chi connectivity index (χ1n) is 11.4. The quantitative estimate of drug-likeness (QED) is 0.447. The van der Waals surface area contributed by atoms with Gasteiger partial charge in [-0.2, -0.15) is 0 Å². The molecular formula is C27H27F2N3O4. The van der Waals surface area contributed by atoms with E-state index in [1.165, 1.54) is 25.2 Å². The largest absolute Gasteiger partial charge is 0.497 e. The lowest BCUT2D eigenvalue weighted by molar-refractivity contribution is 0.0606. The Morgan fingerprint density at radius 1 is 1.08 bits per heavy atom. The van der Waals surface area contributed by atoms with Gasteiger partial charge in [-0.05, 0) is 30.7 Å². The molecule has 2 amide bonds. The Morgan fingerprint density at radius 2 is 1.86 bits per heavy atom. The van der Waals surface area contributed by atoms with Gasteiger partial charge in [-0.15, -0.1) is 0 Å². The number of rotatable bonds is 8. The molecule has 3 aromatic carbocycles. The predicted molar refractivity (Wildman–Crippen MR) is 133 cm³/mol. The number of carbonyl (C=O) groups excluding carboxylic acids is 1. The van der Waals surface area contributed by atoms with Gasteiger partial charge in [0.25, 0.3) is 0 Å². The van der Waals surface area contributed by atoms with Gasteiger partial charge in [-0.1, -0.05) is 41.1 Å². The number of amides is 2. The van der Waals surface area contributed by atoms with Crippen molar-refractivity contribution < 1.29 is 27.9 Å². The Labute approximate surface area is 208 Å². The van der Waals surface area contributed by atoms with Crippen LogP contribution in [0.1, 0.15) is 23.1 Å². The summed E-state index contributed by atoms with van der Waals surface area (Å²) in [6.07, 6.45) is 0.0400. The first kappa shape index (κ1) is 25.0. The number of nitrogens with one attached hydrogen (secondary N) is 1. The summed E-state index contributed by atoms with van der Waals surface area (Å²) in [6, 6.07) is 15.7. The second-order valence-corrected chi connectivity index (χ2v) is 8.45. The van der Waals surface area contributed by atoms with Crippen LogP contribution in [0.4, 0.5) is 19.3 Å². The summed E-state index contributed by atoms with van der Waals surface area (Å²) in [7, 11) is 3.01. The molecular weight excluding hydrogens is 468 g/mol. The molecule has 1 atom stereocenters. The molecule has 1 N–H and O–H groups in total. The third-order valence-electron chi connectivity index (χ3n) is 5.86. The highest BCUT2D eigenvalue weighted by molar-refractivity contribution is 6.01. The van der Waals surface area contributed by atoms with Gasteiger partial charge in [0.15, 0.2) is 6.10 Å². The third kappa shape index (κ3) is 5.91. The lowest BCUT2D eigenvalue weighted by Crippen LogP contribution is -2.40. The van der Waals surface area contributed by atoms with Crippen LogP contribution in [0.5, 0.6) is 11.5 Å². The molecule has 0 bridgehead atoms. The van der Waals surface area contributed by atoms with Crippen LogP contribution in [0, 0.1) is 18.6 Å². The zero-order valence-corrected chi connectivity index (χ0v) is 20.3. The van der Waals surface area contributed by atoms with Crippen molar-refractivity contribution >= 4 is 17.4 Å². The van der Waals surface area contributed by atoms with Crippen LogP contribution in [-0.4, -0.2) is 43.5 Å². The average molecular weight is 496 g/mol. The van der Waals surface area contributed by atoms with Crippen molar-refractivity contribution in [2.45, 2.75) is 26.0 Å². The zero-order chi connectivity index (χ0) is 25.7. The highest BCUT2D eigenvalue weighted by Crippen LogP contribution is 2.30. The maximum Gasteiger partial charge on any atom is 0.322 e. The first-order valence-corrected chi connectivity index (χ1v) is 11.4. The molecule has 188 valence electrons. The van der Waals surface area contributed by atoms with Crippen molar-refractivity contribution in [3.8, 4) is 11.5 Å². The molecule has 0 saturated carbocycles. The van der Waals surface area contributed by atoms with E-state index in [0.29, 0.717) is 23.6 Å².